The van der Waals surface area contributed by atoms with Crippen LogP contribution in [0.2, 0.25) is 0 Å². The van der Waals surface area contributed by atoms with Gasteiger partial charge in [0.15, 0.2) is 0 Å². The second-order valence-electron chi connectivity index (χ2n) is 2.37. The standard InChI is InChI=1S/C6H13NO3/c1-4(8)2-3-5(7)6(9)10/h4-5,8H,2-3,7H2,1H3,(H,9,10)/t4?,5-/m1/s1. The van der Waals surface area contributed by atoms with Crippen LogP contribution in [-0.2, 0) is 4.79 Å². The van der Waals surface area contributed by atoms with Gasteiger partial charge in [-0.3, -0.25) is 4.79 Å². The Hall–Kier alpha value is -0.610. The molecule has 10 heavy (non-hydrogen) atoms. The highest BCUT2D eigenvalue weighted by atomic mass is 16.4. The molecule has 4 nitrogen and oxygen atoms in total. The number of rotatable bonds is 4. The summed E-state index contributed by atoms with van der Waals surface area (Å²) in [5.74, 6) is -1.01. The number of carboxylic acid groups (broad SMARTS) is 1. The van der Waals surface area contributed by atoms with Gasteiger partial charge in [0, 0.05) is 0 Å². The van der Waals surface area contributed by atoms with Crippen LogP contribution in [0, 0.1) is 0 Å². The largest absolute Gasteiger partial charge is 0.480 e. The molecular weight excluding hydrogens is 134 g/mol. The average Bonchev–Trinajstić information content (AvgIpc) is 1.82. The number of carboxylic acids is 1. The fraction of sp³-hybridized carbons (Fsp3) is 0.833. The molecule has 1 unspecified atom stereocenters. The maximum atomic E-state index is 10.1. The summed E-state index contributed by atoms with van der Waals surface area (Å²) in [6, 6.07) is -0.838. The minimum atomic E-state index is -1.01. The van der Waals surface area contributed by atoms with Crippen molar-refractivity contribution in [2.24, 2.45) is 5.73 Å². The van der Waals surface area contributed by atoms with Crippen LogP contribution < -0.4 is 5.73 Å². The van der Waals surface area contributed by atoms with E-state index in [1.165, 1.54) is 0 Å². The zero-order valence-electron chi connectivity index (χ0n) is 5.95. The van der Waals surface area contributed by atoms with E-state index in [1.54, 1.807) is 6.92 Å². The maximum absolute atomic E-state index is 10.1. The van der Waals surface area contributed by atoms with Gasteiger partial charge in [0.2, 0.25) is 0 Å². The average molecular weight is 147 g/mol. The second-order valence-corrected chi connectivity index (χ2v) is 2.37. The van der Waals surface area contributed by atoms with Crippen molar-refractivity contribution in [3.8, 4) is 0 Å². The fourth-order valence-electron chi connectivity index (χ4n) is 0.544. The summed E-state index contributed by atoms with van der Waals surface area (Å²) in [4.78, 5) is 10.1. The number of hydrogen-bond acceptors (Lipinski definition) is 3. The van der Waals surface area contributed by atoms with Crippen molar-refractivity contribution in [1.82, 2.24) is 0 Å². The molecule has 0 aliphatic carbocycles. The fourth-order valence-corrected chi connectivity index (χ4v) is 0.544. The van der Waals surface area contributed by atoms with Crippen LogP contribution in [0.4, 0.5) is 0 Å². The molecule has 0 aromatic heterocycles. The summed E-state index contributed by atoms with van der Waals surface area (Å²) in [6.45, 7) is 1.61. The third-order valence-electron chi connectivity index (χ3n) is 1.21. The molecule has 0 spiro atoms. The number of aliphatic hydroxyl groups is 1. The summed E-state index contributed by atoms with van der Waals surface area (Å²) in [5, 5.41) is 17.0. The predicted molar refractivity (Wildman–Crippen MR) is 36.5 cm³/mol. The van der Waals surface area contributed by atoms with Crippen molar-refractivity contribution in [3.05, 3.63) is 0 Å². The zero-order chi connectivity index (χ0) is 8.15. The van der Waals surface area contributed by atoms with E-state index in [0.29, 0.717) is 12.8 Å². The topological polar surface area (TPSA) is 83.5 Å². The molecule has 2 atom stereocenters. The van der Waals surface area contributed by atoms with Gasteiger partial charge in [-0.05, 0) is 19.8 Å². The first-order chi connectivity index (χ1) is 4.54. The predicted octanol–water partition coefficient (Wildman–Crippen LogP) is -0.441. The number of aliphatic carboxylic acids is 1. The van der Waals surface area contributed by atoms with Crippen molar-refractivity contribution in [2.75, 3.05) is 0 Å². The lowest BCUT2D eigenvalue weighted by Gasteiger charge is -2.06. The lowest BCUT2D eigenvalue weighted by atomic mass is 10.1. The van der Waals surface area contributed by atoms with Crippen LogP contribution in [0.3, 0.4) is 0 Å². The van der Waals surface area contributed by atoms with Crippen LogP contribution >= 0.6 is 0 Å². The van der Waals surface area contributed by atoms with Crippen LogP contribution in [0.15, 0.2) is 0 Å². The molecule has 0 amide bonds. The molecule has 0 heterocycles. The van der Waals surface area contributed by atoms with Crippen molar-refractivity contribution in [2.45, 2.75) is 31.9 Å². The summed E-state index contributed by atoms with van der Waals surface area (Å²) >= 11 is 0. The van der Waals surface area contributed by atoms with E-state index in [9.17, 15) is 4.79 Å². The van der Waals surface area contributed by atoms with Crippen molar-refractivity contribution in [3.63, 3.8) is 0 Å². The van der Waals surface area contributed by atoms with Crippen molar-refractivity contribution >= 4 is 5.97 Å². The Morgan fingerprint density at radius 2 is 2.10 bits per heavy atom. The lowest BCUT2D eigenvalue weighted by molar-refractivity contribution is -0.138. The Labute approximate surface area is 59.7 Å². The Kier molecular flexibility index (Phi) is 3.99. The summed E-state index contributed by atoms with van der Waals surface area (Å²) < 4.78 is 0. The van der Waals surface area contributed by atoms with E-state index >= 15 is 0 Å². The first-order valence-corrected chi connectivity index (χ1v) is 3.20. The number of nitrogens with two attached hydrogens (primary N) is 1. The summed E-state index contributed by atoms with van der Waals surface area (Å²) in [6.07, 6.45) is 0.297. The van der Waals surface area contributed by atoms with Crippen molar-refractivity contribution < 1.29 is 15.0 Å². The summed E-state index contributed by atoms with van der Waals surface area (Å²) in [7, 11) is 0. The Bertz CT molecular complexity index is 114. The van der Waals surface area contributed by atoms with Crippen LogP contribution in [0.5, 0.6) is 0 Å². The molecule has 0 aromatic rings. The number of hydrogen-bond donors (Lipinski definition) is 3. The molecule has 0 saturated carbocycles. The molecule has 60 valence electrons. The Morgan fingerprint density at radius 1 is 1.60 bits per heavy atom. The molecule has 0 saturated heterocycles. The normalized spacial score (nSPS) is 16.3. The molecule has 4 N–H and O–H groups in total. The molecule has 0 bridgehead atoms. The molecule has 0 aromatic carbocycles. The van der Waals surface area contributed by atoms with E-state index in [1.807, 2.05) is 0 Å². The van der Waals surface area contributed by atoms with Gasteiger partial charge in [0.05, 0.1) is 6.10 Å². The second kappa shape index (κ2) is 4.24. The smallest absolute Gasteiger partial charge is 0.320 e. The zero-order valence-corrected chi connectivity index (χ0v) is 5.95. The molecule has 0 aliphatic rings. The van der Waals surface area contributed by atoms with Gasteiger partial charge in [0.1, 0.15) is 6.04 Å². The third-order valence-corrected chi connectivity index (χ3v) is 1.21. The van der Waals surface area contributed by atoms with E-state index < -0.39 is 18.1 Å². The van der Waals surface area contributed by atoms with Gasteiger partial charge < -0.3 is 15.9 Å². The first kappa shape index (κ1) is 9.39. The van der Waals surface area contributed by atoms with Gasteiger partial charge in [-0.1, -0.05) is 0 Å². The van der Waals surface area contributed by atoms with E-state index in [-0.39, 0.29) is 0 Å². The SMILES string of the molecule is CC(O)CC[C@@H](N)C(=O)O. The molecular formula is C6H13NO3. The Balaban J connectivity index is 3.40. The monoisotopic (exact) mass is 147 g/mol. The van der Waals surface area contributed by atoms with E-state index in [0.717, 1.165) is 0 Å². The molecule has 0 radical (unpaired) electrons. The number of carbonyl (C=O) groups is 1. The Morgan fingerprint density at radius 3 is 2.40 bits per heavy atom. The third kappa shape index (κ3) is 4.29. The van der Waals surface area contributed by atoms with Crippen LogP contribution in [0.1, 0.15) is 19.8 Å². The highest BCUT2D eigenvalue weighted by Gasteiger charge is 2.11. The van der Waals surface area contributed by atoms with Gasteiger partial charge >= 0.3 is 5.97 Å². The van der Waals surface area contributed by atoms with E-state index in [4.69, 9.17) is 15.9 Å². The van der Waals surface area contributed by atoms with Gasteiger partial charge in [-0.15, -0.1) is 0 Å². The maximum Gasteiger partial charge on any atom is 0.320 e. The summed E-state index contributed by atoms with van der Waals surface area (Å²) in [5.41, 5.74) is 5.15. The van der Waals surface area contributed by atoms with Gasteiger partial charge in [-0.25, -0.2) is 0 Å². The highest BCUT2D eigenvalue weighted by Crippen LogP contribution is 1.98. The lowest BCUT2D eigenvalue weighted by Crippen LogP contribution is -2.30. The molecule has 0 aliphatic heterocycles. The highest BCUT2D eigenvalue weighted by molar-refractivity contribution is 5.72. The quantitative estimate of drug-likeness (QED) is 0.503. The van der Waals surface area contributed by atoms with Gasteiger partial charge in [-0.2, -0.15) is 0 Å². The minimum absolute atomic E-state index is 0.326. The van der Waals surface area contributed by atoms with Gasteiger partial charge in [0.25, 0.3) is 0 Å². The first-order valence-electron chi connectivity index (χ1n) is 3.20. The van der Waals surface area contributed by atoms with Crippen molar-refractivity contribution in [1.29, 1.82) is 0 Å². The molecule has 0 rings (SSSR count). The number of aliphatic hydroxyl groups excluding tert-OH is 1. The molecule has 4 heteroatoms. The minimum Gasteiger partial charge on any atom is -0.480 e. The van der Waals surface area contributed by atoms with Crippen LogP contribution in [0.25, 0.3) is 0 Å². The molecule has 0 fully saturated rings. The van der Waals surface area contributed by atoms with Crippen LogP contribution in [-0.4, -0.2) is 28.3 Å². The van der Waals surface area contributed by atoms with E-state index in [2.05, 4.69) is 0 Å².